The summed E-state index contributed by atoms with van der Waals surface area (Å²) in [5, 5.41) is 3.49. The molecular weight excluding hydrogens is 372 g/mol. The van der Waals surface area contributed by atoms with Crippen molar-refractivity contribution in [3.63, 3.8) is 0 Å². The summed E-state index contributed by atoms with van der Waals surface area (Å²) in [6, 6.07) is 3.84. The lowest BCUT2D eigenvalue weighted by molar-refractivity contribution is 0.224. The van der Waals surface area contributed by atoms with Crippen molar-refractivity contribution in [1.82, 2.24) is 9.62 Å². The Hall–Kier alpha value is 0.0500. The van der Waals surface area contributed by atoms with E-state index in [0.29, 0.717) is 29.3 Å². The Kier molecular flexibility index (Phi) is 6.25. The summed E-state index contributed by atoms with van der Waals surface area (Å²) in [6.07, 6.45) is 3.13. The maximum Gasteiger partial charge on any atom is 0.252 e. The topological polar surface area (TPSA) is 49.4 Å². The van der Waals surface area contributed by atoms with E-state index in [-0.39, 0.29) is 0 Å². The van der Waals surface area contributed by atoms with Gasteiger partial charge in [-0.05, 0) is 66.7 Å². The van der Waals surface area contributed by atoms with E-state index in [1.165, 1.54) is 11.3 Å². The normalized spacial score (nSPS) is 22.3. The minimum absolute atomic E-state index is 0.359. The second-order valence-electron chi connectivity index (χ2n) is 5.57. The molecule has 1 N–H and O–H groups in total. The molecule has 0 amide bonds. The van der Waals surface area contributed by atoms with Crippen molar-refractivity contribution in [1.29, 1.82) is 0 Å². The number of sulfonamides is 1. The van der Waals surface area contributed by atoms with Crippen molar-refractivity contribution in [3.8, 4) is 0 Å². The van der Waals surface area contributed by atoms with Gasteiger partial charge in [0.1, 0.15) is 4.21 Å². The summed E-state index contributed by atoms with van der Waals surface area (Å²) in [6.45, 7) is 6.55. The zero-order chi connectivity index (χ0) is 15.5. The van der Waals surface area contributed by atoms with Crippen LogP contribution in [0.15, 0.2) is 20.1 Å². The van der Waals surface area contributed by atoms with Crippen LogP contribution in [0.3, 0.4) is 0 Å². The molecular formula is C14H23BrN2O2S2. The summed E-state index contributed by atoms with van der Waals surface area (Å²) >= 11 is 4.62. The Bertz CT molecular complexity index is 559. The van der Waals surface area contributed by atoms with E-state index in [0.717, 1.165) is 29.6 Å². The first-order valence-corrected chi connectivity index (χ1v) is 10.5. The van der Waals surface area contributed by atoms with Gasteiger partial charge in [0.05, 0.1) is 3.79 Å². The molecule has 0 radical (unpaired) electrons. The molecule has 0 aromatic carbocycles. The average molecular weight is 395 g/mol. The lowest BCUT2D eigenvalue weighted by Gasteiger charge is -2.35. The van der Waals surface area contributed by atoms with Crippen molar-refractivity contribution in [2.75, 3.05) is 19.6 Å². The van der Waals surface area contributed by atoms with Crippen LogP contribution in [0.25, 0.3) is 0 Å². The van der Waals surface area contributed by atoms with Gasteiger partial charge in [-0.1, -0.05) is 6.92 Å². The van der Waals surface area contributed by atoms with Crippen LogP contribution in [-0.2, 0) is 10.0 Å². The zero-order valence-corrected chi connectivity index (χ0v) is 15.7. The number of halogens is 1. The third-order valence-electron chi connectivity index (χ3n) is 3.99. The smallest absolute Gasteiger partial charge is 0.252 e. The summed E-state index contributed by atoms with van der Waals surface area (Å²) in [5.41, 5.74) is 0. The fourth-order valence-electron chi connectivity index (χ4n) is 2.70. The SMILES string of the molecule is CCCNC(C)C1CCCN(S(=O)(=O)c2ccc(Br)s2)C1. The number of rotatable bonds is 6. The van der Waals surface area contributed by atoms with Crippen LogP contribution in [0.4, 0.5) is 0 Å². The number of piperidine rings is 1. The fourth-order valence-corrected chi connectivity index (χ4v) is 6.40. The Balaban J connectivity index is 2.06. The lowest BCUT2D eigenvalue weighted by atomic mass is 9.93. The summed E-state index contributed by atoms with van der Waals surface area (Å²) in [4.78, 5) is 0. The minimum atomic E-state index is -3.33. The first-order chi connectivity index (χ1) is 9.95. The number of nitrogens with one attached hydrogen (secondary N) is 1. The third-order valence-corrected chi connectivity index (χ3v) is 7.94. The number of hydrogen-bond acceptors (Lipinski definition) is 4. The van der Waals surface area contributed by atoms with Crippen LogP contribution in [0.2, 0.25) is 0 Å². The molecule has 2 heterocycles. The molecule has 1 aliphatic rings. The second kappa shape index (κ2) is 7.55. The molecule has 1 aromatic rings. The van der Waals surface area contributed by atoms with Crippen LogP contribution < -0.4 is 5.32 Å². The van der Waals surface area contributed by atoms with Crippen molar-refractivity contribution in [3.05, 3.63) is 15.9 Å². The van der Waals surface area contributed by atoms with E-state index in [1.54, 1.807) is 16.4 Å². The Morgan fingerprint density at radius 2 is 2.29 bits per heavy atom. The van der Waals surface area contributed by atoms with E-state index in [1.807, 2.05) is 0 Å². The van der Waals surface area contributed by atoms with E-state index < -0.39 is 10.0 Å². The molecule has 0 spiro atoms. The van der Waals surface area contributed by atoms with Gasteiger partial charge in [0.25, 0.3) is 10.0 Å². The molecule has 120 valence electrons. The van der Waals surface area contributed by atoms with E-state index >= 15 is 0 Å². The Morgan fingerprint density at radius 1 is 1.52 bits per heavy atom. The predicted molar refractivity (Wildman–Crippen MR) is 91.3 cm³/mol. The number of nitrogens with zero attached hydrogens (tertiary/aromatic N) is 1. The van der Waals surface area contributed by atoms with Gasteiger partial charge in [-0.25, -0.2) is 8.42 Å². The molecule has 1 aromatic heterocycles. The van der Waals surface area contributed by atoms with E-state index in [9.17, 15) is 8.42 Å². The van der Waals surface area contributed by atoms with Crippen molar-refractivity contribution in [2.24, 2.45) is 5.92 Å². The lowest BCUT2D eigenvalue weighted by Crippen LogP contribution is -2.46. The average Bonchev–Trinajstić information content (AvgIpc) is 2.92. The second-order valence-corrected chi connectivity index (χ2v) is 10.2. The predicted octanol–water partition coefficient (Wildman–Crippen LogP) is 3.30. The van der Waals surface area contributed by atoms with Crippen LogP contribution in [-0.4, -0.2) is 38.4 Å². The van der Waals surface area contributed by atoms with Crippen LogP contribution >= 0.6 is 27.3 Å². The third kappa shape index (κ3) is 4.28. The summed E-state index contributed by atoms with van der Waals surface area (Å²) in [5.74, 6) is 0.392. The first-order valence-electron chi connectivity index (χ1n) is 7.44. The standard InChI is InChI=1S/C14H23BrN2O2S2/c1-3-8-16-11(2)12-5-4-9-17(10-12)21(18,19)14-7-6-13(15)20-14/h6-7,11-12,16H,3-5,8-10H2,1-2H3. The molecule has 1 aliphatic heterocycles. The van der Waals surface area contributed by atoms with Crippen molar-refractivity contribution >= 4 is 37.3 Å². The highest BCUT2D eigenvalue weighted by atomic mass is 79.9. The molecule has 2 unspecified atom stereocenters. The summed E-state index contributed by atoms with van der Waals surface area (Å²) in [7, 11) is -3.33. The molecule has 1 fully saturated rings. The quantitative estimate of drug-likeness (QED) is 0.804. The van der Waals surface area contributed by atoms with E-state index in [4.69, 9.17) is 0 Å². The highest BCUT2D eigenvalue weighted by Gasteiger charge is 2.33. The summed E-state index contributed by atoms with van der Waals surface area (Å²) < 4.78 is 28.3. The number of hydrogen-bond donors (Lipinski definition) is 1. The van der Waals surface area contributed by atoms with Gasteiger partial charge in [0.2, 0.25) is 0 Å². The Labute approximate surface area is 140 Å². The van der Waals surface area contributed by atoms with Gasteiger partial charge in [0.15, 0.2) is 0 Å². The molecule has 2 rings (SSSR count). The van der Waals surface area contributed by atoms with Gasteiger partial charge >= 0.3 is 0 Å². The van der Waals surface area contributed by atoms with E-state index in [2.05, 4.69) is 35.1 Å². The minimum Gasteiger partial charge on any atom is -0.314 e. The first kappa shape index (κ1) is 17.4. The van der Waals surface area contributed by atoms with Gasteiger partial charge in [-0.15, -0.1) is 11.3 Å². The van der Waals surface area contributed by atoms with Crippen LogP contribution in [0, 0.1) is 5.92 Å². The maximum absolute atomic E-state index is 12.7. The highest BCUT2D eigenvalue weighted by molar-refractivity contribution is 9.11. The molecule has 0 aliphatic carbocycles. The molecule has 0 bridgehead atoms. The molecule has 7 heteroatoms. The van der Waals surface area contributed by atoms with Crippen LogP contribution in [0.1, 0.15) is 33.1 Å². The molecule has 1 saturated heterocycles. The van der Waals surface area contributed by atoms with Gasteiger partial charge in [0, 0.05) is 19.1 Å². The van der Waals surface area contributed by atoms with Gasteiger partial charge < -0.3 is 5.32 Å². The maximum atomic E-state index is 12.7. The fraction of sp³-hybridized carbons (Fsp3) is 0.714. The largest absolute Gasteiger partial charge is 0.314 e. The van der Waals surface area contributed by atoms with Crippen molar-refractivity contribution in [2.45, 2.75) is 43.4 Å². The molecule has 21 heavy (non-hydrogen) atoms. The zero-order valence-electron chi connectivity index (χ0n) is 12.5. The monoisotopic (exact) mass is 394 g/mol. The van der Waals surface area contributed by atoms with Crippen LogP contribution in [0.5, 0.6) is 0 Å². The highest BCUT2D eigenvalue weighted by Crippen LogP contribution is 2.31. The van der Waals surface area contributed by atoms with Gasteiger partial charge in [-0.2, -0.15) is 4.31 Å². The Morgan fingerprint density at radius 3 is 2.90 bits per heavy atom. The molecule has 0 saturated carbocycles. The number of thiophene rings is 1. The van der Waals surface area contributed by atoms with Crippen molar-refractivity contribution < 1.29 is 8.42 Å². The molecule has 4 nitrogen and oxygen atoms in total. The van der Waals surface area contributed by atoms with Gasteiger partial charge in [-0.3, -0.25) is 0 Å². The molecule has 2 atom stereocenters.